The summed E-state index contributed by atoms with van der Waals surface area (Å²) in [7, 11) is -17.6. The maximum atomic E-state index is 12.6. The number of aliphatic hydroxyl groups excluding tert-OH is 2. The van der Waals surface area contributed by atoms with E-state index in [1.54, 1.807) is 0 Å². The number of imidazole rings is 1. The van der Waals surface area contributed by atoms with Gasteiger partial charge in [-0.1, -0.05) is 76.1 Å². The molecule has 63 heavy (non-hydrogen) atoms. The number of ether oxygens (including phenoxy) is 1. The van der Waals surface area contributed by atoms with Gasteiger partial charge in [-0.3, -0.25) is 28.1 Å². The summed E-state index contributed by atoms with van der Waals surface area (Å²) in [5.41, 5.74) is 4.08. The summed E-state index contributed by atoms with van der Waals surface area (Å²) in [6, 6.07) is 0. The maximum absolute atomic E-state index is 12.6. The van der Waals surface area contributed by atoms with E-state index >= 15 is 0 Å². The Morgan fingerprint density at radius 3 is 2.35 bits per heavy atom. The molecule has 1 aliphatic heterocycles. The molecule has 0 radical (unpaired) electrons. The van der Waals surface area contributed by atoms with Gasteiger partial charge >= 0.3 is 0 Å². The van der Waals surface area contributed by atoms with Crippen LogP contribution in [0.5, 0.6) is 0 Å². The van der Waals surface area contributed by atoms with E-state index in [1.165, 1.54) is 39.5 Å². The lowest BCUT2D eigenvalue weighted by Crippen LogP contribution is -2.46. The number of hydrogen-bond donors (Lipinski definition) is 5. The van der Waals surface area contributed by atoms with E-state index in [0.717, 1.165) is 41.8 Å². The van der Waals surface area contributed by atoms with Gasteiger partial charge in [0, 0.05) is 37.1 Å². The number of unbranched alkanes of at least 4 members (excludes halogenated alkanes) is 5. The average molecular weight is 970 g/mol. The molecule has 28 heteroatoms. The number of aliphatic hydroxyl groups is 2. The zero-order chi connectivity index (χ0) is 46.8. The number of allylic oxidation sites excluding steroid dienone is 4. The SMILES string of the molecule is CCCCCC/C=C/C=C\CCCC(=O)SCCNC(=O)CCNC(=O)[C@H](O)C(C)(C)COP(=O)([O-])OP(=O)([O-])OC[C@H]1O[C@@H](n2cnc3c(N)ncnc32)[C@H](O)[C@@H]1OP(=O)([O-])[O-]. The van der Waals surface area contributed by atoms with Crippen LogP contribution in [0.1, 0.15) is 84.8 Å². The van der Waals surface area contributed by atoms with Gasteiger partial charge < -0.3 is 69.0 Å². The summed E-state index contributed by atoms with van der Waals surface area (Å²) in [6.45, 7) is 2.30. The number of aromatic nitrogens is 4. The highest BCUT2D eigenvalue weighted by atomic mass is 32.2. The summed E-state index contributed by atoms with van der Waals surface area (Å²) in [6.07, 6.45) is 8.40. The van der Waals surface area contributed by atoms with Crippen molar-refractivity contribution in [3.05, 3.63) is 37.0 Å². The molecule has 0 saturated carbocycles. The second-order valence-electron chi connectivity index (χ2n) is 14.8. The van der Waals surface area contributed by atoms with Crippen molar-refractivity contribution < 1.29 is 80.5 Å². The van der Waals surface area contributed by atoms with E-state index in [9.17, 15) is 57.9 Å². The third-order valence-electron chi connectivity index (χ3n) is 9.10. The van der Waals surface area contributed by atoms with E-state index in [1.807, 2.05) is 18.2 Å². The number of carbonyl (C=O) groups is 3. The van der Waals surface area contributed by atoms with Crippen molar-refractivity contribution in [3.63, 3.8) is 0 Å². The molecule has 2 aromatic heterocycles. The molecule has 1 aliphatic rings. The number of thioether (sulfide) groups is 1. The van der Waals surface area contributed by atoms with Crippen molar-refractivity contribution in [2.45, 2.75) is 109 Å². The van der Waals surface area contributed by atoms with E-state index < -0.39 is 84.6 Å². The normalized spacial score (nSPS) is 20.8. The van der Waals surface area contributed by atoms with Crippen molar-refractivity contribution >= 4 is 69.1 Å². The zero-order valence-electron chi connectivity index (χ0n) is 34.9. The van der Waals surface area contributed by atoms with Gasteiger partial charge in [-0.05, 0) is 25.7 Å². The minimum atomic E-state index is -5.92. The van der Waals surface area contributed by atoms with Crippen molar-refractivity contribution in [2.24, 2.45) is 5.41 Å². The number of fused-ring (bicyclic) bond motifs is 1. The standard InChI is InChI=1S/C35H58N7O17P3S/c1-4-5-6-7-8-9-10-11-12-13-14-15-26(44)63-19-18-37-25(43)16-17-38-33(47)30(46)35(2,3)21-56-62(53,54)59-61(51,52)55-20-24-29(58-60(48,49)50)28(45)34(57-24)42-23-41-27-31(36)39-22-40-32(27)42/h9-12,22-24,28-30,34,45-46H,4-8,13-21H2,1-3H3,(H,37,43)(H,38,47)(H,51,52)(H,53,54)(H2,36,39,40)(H2,48,49,50)/p-4/b10-9+,12-11-/t24-,28-,29-,30+,34-/m1/s1. The first-order valence-electron chi connectivity index (χ1n) is 19.8. The summed E-state index contributed by atoms with van der Waals surface area (Å²) in [4.78, 5) is 96.5. The van der Waals surface area contributed by atoms with Gasteiger partial charge in [0.15, 0.2) is 22.8 Å². The molecule has 24 nitrogen and oxygen atoms in total. The van der Waals surface area contributed by atoms with Crippen molar-refractivity contribution in [2.75, 3.05) is 37.8 Å². The first-order valence-corrected chi connectivity index (χ1v) is 25.2. The Kier molecular flexibility index (Phi) is 22.1. The molecule has 0 aromatic carbocycles. The number of carbonyl (C=O) groups excluding carboxylic acids is 3. The third kappa shape index (κ3) is 19.2. The van der Waals surface area contributed by atoms with Gasteiger partial charge in [0.25, 0.3) is 15.6 Å². The van der Waals surface area contributed by atoms with Gasteiger partial charge in [0.2, 0.25) is 11.8 Å². The van der Waals surface area contributed by atoms with Gasteiger partial charge in [0.05, 0.1) is 27.4 Å². The fourth-order valence-corrected chi connectivity index (χ4v) is 9.20. The third-order valence-corrected chi connectivity index (χ3v) is 13.0. The number of phosphoric acid groups is 3. The first-order chi connectivity index (χ1) is 29.6. The number of amides is 2. The van der Waals surface area contributed by atoms with Crippen LogP contribution >= 0.6 is 35.2 Å². The fourth-order valence-electron chi connectivity index (χ4n) is 5.75. The Balaban J connectivity index is 1.37. The van der Waals surface area contributed by atoms with E-state index in [2.05, 4.69) is 56.5 Å². The molecule has 0 spiro atoms. The molecular formula is C35H54N7O17P3S-4. The molecule has 7 atom stereocenters. The molecule has 3 heterocycles. The quantitative estimate of drug-likeness (QED) is 0.0418. The van der Waals surface area contributed by atoms with E-state index in [-0.39, 0.29) is 41.6 Å². The Hall–Kier alpha value is -2.96. The minimum absolute atomic E-state index is 0.00439. The molecule has 2 amide bonds. The van der Waals surface area contributed by atoms with Crippen LogP contribution in [0.25, 0.3) is 11.2 Å². The number of nitrogens with zero attached hydrogens (tertiary/aromatic N) is 4. The first kappa shape index (κ1) is 54.4. The lowest BCUT2D eigenvalue weighted by Gasteiger charge is -2.36. The molecule has 3 rings (SSSR count). The van der Waals surface area contributed by atoms with Crippen LogP contribution in [-0.2, 0) is 50.7 Å². The van der Waals surface area contributed by atoms with Gasteiger partial charge in [-0.2, -0.15) is 0 Å². The molecule has 6 N–H and O–H groups in total. The van der Waals surface area contributed by atoms with Crippen LogP contribution in [0.15, 0.2) is 37.0 Å². The van der Waals surface area contributed by atoms with Crippen molar-refractivity contribution in [3.8, 4) is 0 Å². The van der Waals surface area contributed by atoms with Crippen molar-refractivity contribution in [1.29, 1.82) is 0 Å². The van der Waals surface area contributed by atoms with Crippen LogP contribution in [0.2, 0.25) is 0 Å². The molecule has 0 aliphatic carbocycles. The van der Waals surface area contributed by atoms with Gasteiger partial charge in [-0.25, -0.2) is 19.3 Å². The largest absolute Gasteiger partial charge is 0.790 e. The monoisotopic (exact) mass is 969 g/mol. The number of anilines is 1. The molecule has 1 saturated heterocycles. The number of nitrogen functional groups attached to an aromatic ring is 1. The predicted molar refractivity (Wildman–Crippen MR) is 219 cm³/mol. The highest BCUT2D eigenvalue weighted by Crippen LogP contribution is 2.56. The minimum Gasteiger partial charge on any atom is -0.790 e. The maximum Gasteiger partial charge on any atom is 0.274 e. The number of phosphoric ester groups is 3. The summed E-state index contributed by atoms with van der Waals surface area (Å²) in [5.74, 6) is -1.18. The zero-order valence-corrected chi connectivity index (χ0v) is 38.4. The van der Waals surface area contributed by atoms with Crippen LogP contribution in [0.4, 0.5) is 5.82 Å². The Labute approximate surface area is 368 Å². The highest BCUT2D eigenvalue weighted by Gasteiger charge is 2.47. The Bertz CT molecular complexity index is 2020. The average Bonchev–Trinajstić information content (AvgIpc) is 3.76. The number of nitrogens with two attached hydrogens (primary N) is 1. The number of rotatable bonds is 29. The molecule has 1 fully saturated rings. The smallest absolute Gasteiger partial charge is 0.274 e. The second-order valence-corrected chi connectivity index (χ2v) is 20.0. The fraction of sp³-hybridized carbons (Fsp3) is 0.657. The number of hydrogen-bond acceptors (Lipinski definition) is 22. The summed E-state index contributed by atoms with van der Waals surface area (Å²) < 4.78 is 60.7. The Morgan fingerprint density at radius 1 is 0.984 bits per heavy atom. The second kappa shape index (κ2) is 25.7. The Morgan fingerprint density at radius 2 is 1.67 bits per heavy atom. The predicted octanol–water partition coefficient (Wildman–Crippen LogP) is 0.390. The topological polar surface area (TPSA) is 375 Å². The molecule has 356 valence electrons. The molecule has 2 unspecified atom stereocenters. The van der Waals surface area contributed by atoms with E-state index in [0.29, 0.717) is 18.6 Å². The lowest BCUT2D eigenvalue weighted by molar-refractivity contribution is -0.347. The van der Waals surface area contributed by atoms with Crippen LogP contribution in [0, 0.1) is 5.41 Å². The lowest BCUT2D eigenvalue weighted by atomic mass is 9.87. The van der Waals surface area contributed by atoms with Crippen LogP contribution in [0.3, 0.4) is 0 Å². The van der Waals surface area contributed by atoms with Crippen molar-refractivity contribution in [1.82, 2.24) is 30.2 Å². The van der Waals surface area contributed by atoms with Gasteiger partial charge in [-0.15, -0.1) is 0 Å². The van der Waals surface area contributed by atoms with Crippen LogP contribution < -0.4 is 35.9 Å². The highest BCUT2D eigenvalue weighted by molar-refractivity contribution is 8.13. The van der Waals surface area contributed by atoms with Gasteiger partial charge in [0.1, 0.15) is 36.3 Å². The molecular weight excluding hydrogens is 915 g/mol. The summed E-state index contributed by atoms with van der Waals surface area (Å²) in [5, 5.41) is 26.3. The molecule has 2 aromatic rings. The van der Waals surface area contributed by atoms with E-state index in [4.69, 9.17) is 10.5 Å². The number of nitrogens with one attached hydrogen (secondary N) is 2. The molecule has 0 bridgehead atoms. The van der Waals surface area contributed by atoms with Crippen LogP contribution in [-0.4, -0.2) is 103 Å². The summed E-state index contributed by atoms with van der Waals surface area (Å²) >= 11 is 1.10.